The molecule has 0 aliphatic rings. The Morgan fingerprint density at radius 3 is 1.71 bits per heavy atom. The van der Waals surface area contributed by atoms with Gasteiger partial charge in [0.15, 0.2) is 16.6 Å². The summed E-state index contributed by atoms with van der Waals surface area (Å²) >= 11 is 0. The molecule has 244 valence electrons. The Morgan fingerprint density at radius 1 is 0.707 bits per heavy atom. The van der Waals surface area contributed by atoms with E-state index in [4.69, 9.17) is 13.6 Å². The predicted octanol–water partition coefficient (Wildman–Crippen LogP) is 10.3. The maximum atomic E-state index is 11.9. The molecule has 0 aliphatic carbocycles. The molecule has 0 aromatic heterocycles. The van der Waals surface area contributed by atoms with E-state index in [1.165, 1.54) is 12.8 Å². The second-order valence-corrected chi connectivity index (χ2v) is 25.6. The summed E-state index contributed by atoms with van der Waals surface area (Å²) in [5.41, 5.74) is -0.415. The molecule has 0 aliphatic heterocycles. The van der Waals surface area contributed by atoms with Gasteiger partial charge in [0.25, 0.3) is 0 Å². The maximum absolute atomic E-state index is 11.9. The lowest BCUT2D eigenvalue weighted by Gasteiger charge is -2.44. The van der Waals surface area contributed by atoms with Crippen LogP contribution in [0.1, 0.15) is 140 Å². The minimum Gasteiger partial charge on any atom is -0.460 e. The first-order chi connectivity index (χ1) is 18.5. The molecule has 0 unspecified atom stereocenters. The Bertz CT molecular complexity index is 757. The first-order valence-electron chi connectivity index (χ1n) is 16.5. The Hall–Kier alpha value is -0.476. The lowest BCUT2D eigenvalue weighted by atomic mass is 10.0. The van der Waals surface area contributed by atoms with Gasteiger partial charge in [-0.2, -0.15) is 0 Å². The molecule has 3 atom stereocenters. The molecule has 0 rings (SSSR count). The molecule has 0 saturated heterocycles. The van der Waals surface area contributed by atoms with Crippen LogP contribution in [-0.4, -0.2) is 51.6 Å². The van der Waals surface area contributed by atoms with Gasteiger partial charge in [-0.15, -0.1) is 0 Å². The highest BCUT2D eigenvalue weighted by Crippen LogP contribution is 2.41. The van der Waals surface area contributed by atoms with Crippen molar-refractivity contribution in [2.45, 2.75) is 200 Å². The third-order valence-electron chi connectivity index (χ3n) is 8.77. The molecule has 0 amide bonds. The number of rotatable bonds is 19. The number of hydrogen-bond acceptors (Lipinski definition) is 5. The Morgan fingerprint density at radius 2 is 1.20 bits per heavy atom. The van der Waals surface area contributed by atoms with E-state index < -0.39 is 28.3 Å². The van der Waals surface area contributed by atoms with Crippen LogP contribution in [0.3, 0.4) is 0 Å². The number of ether oxygens (including phenoxy) is 1. The van der Waals surface area contributed by atoms with Crippen molar-refractivity contribution in [3.05, 3.63) is 12.2 Å². The van der Waals surface area contributed by atoms with Crippen LogP contribution < -0.4 is 0 Å². The zero-order valence-electron chi connectivity index (χ0n) is 29.7. The average Bonchev–Trinajstić information content (AvgIpc) is 2.77. The Balaban J connectivity index is 5.34. The van der Waals surface area contributed by atoms with Gasteiger partial charge >= 0.3 is 5.97 Å². The van der Waals surface area contributed by atoms with Gasteiger partial charge in [0.1, 0.15) is 5.60 Å². The molecule has 0 heterocycles. The maximum Gasteiger partial charge on any atom is 0.306 e. The third kappa shape index (κ3) is 17.4. The highest BCUT2D eigenvalue weighted by atomic mass is 28.4. The van der Waals surface area contributed by atoms with E-state index in [2.05, 4.69) is 80.7 Å². The third-order valence-corrected chi connectivity index (χ3v) is 17.7. The summed E-state index contributed by atoms with van der Waals surface area (Å²) in [5, 5.41) is 11.1. The van der Waals surface area contributed by atoms with Crippen LogP contribution in [0.25, 0.3) is 0 Å². The van der Waals surface area contributed by atoms with Crippen LogP contribution in [0.5, 0.6) is 0 Å². The number of unbranched alkanes of at least 4 members (excludes halogenated alkanes) is 6. The monoisotopic (exact) mass is 614 g/mol. The van der Waals surface area contributed by atoms with Gasteiger partial charge in [-0.25, -0.2) is 0 Å². The van der Waals surface area contributed by atoms with E-state index in [0.717, 1.165) is 51.4 Å². The molecule has 1 N–H and O–H groups in total. The van der Waals surface area contributed by atoms with Crippen molar-refractivity contribution < 1.29 is 23.5 Å². The Labute approximate surface area is 257 Å². The number of aliphatic hydroxyl groups excluding tert-OH is 1. The van der Waals surface area contributed by atoms with Crippen LogP contribution >= 0.6 is 0 Å². The van der Waals surface area contributed by atoms with Gasteiger partial charge in [-0.3, -0.25) is 4.79 Å². The van der Waals surface area contributed by atoms with E-state index in [0.29, 0.717) is 6.42 Å². The van der Waals surface area contributed by atoms with Crippen molar-refractivity contribution in [3.63, 3.8) is 0 Å². The Kier molecular flexibility index (Phi) is 17.5. The molecule has 0 fully saturated rings. The van der Waals surface area contributed by atoms with Crippen LogP contribution in [0.2, 0.25) is 36.3 Å². The predicted molar refractivity (Wildman–Crippen MR) is 182 cm³/mol. The summed E-state index contributed by atoms with van der Waals surface area (Å²) in [7, 11) is -4.08. The van der Waals surface area contributed by atoms with Gasteiger partial charge in [-0.05, 0) is 76.3 Å². The topological polar surface area (TPSA) is 65.0 Å². The van der Waals surface area contributed by atoms with Crippen molar-refractivity contribution >= 4 is 22.6 Å². The van der Waals surface area contributed by atoms with E-state index in [9.17, 15) is 9.90 Å². The van der Waals surface area contributed by atoms with Gasteiger partial charge in [0.05, 0.1) is 18.3 Å². The molecular weight excluding hydrogens is 545 g/mol. The first-order valence-corrected chi connectivity index (χ1v) is 22.3. The molecule has 41 heavy (non-hydrogen) atoms. The standard InChI is InChI=1S/C34H70O5Si2/c1-15-16-20-24-29(38-40(11,12)33(5,6)7)30(39-41(13,14)34(8,9)10)27-26-28(35)23-21-18-17-19-22-25-31(36)37-32(2,3)4/h26-30,35H,15-25H2,1-14H3/b27-26+/t28-,29+,30-/m0/s1. The largest absolute Gasteiger partial charge is 0.460 e. The van der Waals surface area contributed by atoms with E-state index in [-0.39, 0.29) is 28.3 Å². The van der Waals surface area contributed by atoms with Crippen molar-refractivity contribution in [1.82, 2.24) is 0 Å². The highest BCUT2D eigenvalue weighted by molar-refractivity contribution is 6.74. The number of esters is 1. The van der Waals surface area contributed by atoms with Gasteiger partial charge < -0.3 is 18.7 Å². The summed E-state index contributed by atoms with van der Waals surface area (Å²) < 4.78 is 19.5. The minimum absolute atomic E-state index is 0.00927. The molecule has 0 spiro atoms. The highest BCUT2D eigenvalue weighted by Gasteiger charge is 2.44. The van der Waals surface area contributed by atoms with Gasteiger partial charge in [0, 0.05) is 6.42 Å². The number of aliphatic hydroxyl groups is 1. The fraction of sp³-hybridized carbons (Fsp3) is 0.912. The average molecular weight is 615 g/mol. The summed E-state index contributed by atoms with van der Waals surface area (Å²) in [6.45, 7) is 31.0. The molecule has 0 saturated carbocycles. The lowest BCUT2D eigenvalue weighted by Crippen LogP contribution is -2.51. The van der Waals surface area contributed by atoms with Gasteiger partial charge in [-0.1, -0.05) is 106 Å². The molecule has 0 aromatic rings. The molecule has 7 heteroatoms. The fourth-order valence-electron chi connectivity index (χ4n) is 4.08. The smallest absolute Gasteiger partial charge is 0.306 e. The number of carbonyl (C=O) groups is 1. The zero-order chi connectivity index (χ0) is 32.1. The summed E-state index contributed by atoms with van der Waals surface area (Å²) in [5.74, 6) is -0.113. The van der Waals surface area contributed by atoms with Crippen molar-refractivity contribution in [2.24, 2.45) is 0 Å². The molecule has 5 nitrogen and oxygen atoms in total. The second kappa shape index (κ2) is 17.7. The van der Waals surface area contributed by atoms with E-state index >= 15 is 0 Å². The minimum atomic E-state index is -2.07. The van der Waals surface area contributed by atoms with Crippen molar-refractivity contribution in [1.29, 1.82) is 0 Å². The zero-order valence-corrected chi connectivity index (χ0v) is 31.7. The van der Waals surface area contributed by atoms with Crippen LogP contribution in [0.15, 0.2) is 12.2 Å². The molecular formula is C34H70O5Si2. The molecule has 0 radical (unpaired) electrons. The van der Waals surface area contributed by atoms with Crippen molar-refractivity contribution in [3.8, 4) is 0 Å². The van der Waals surface area contributed by atoms with Crippen LogP contribution in [-0.2, 0) is 18.4 Å². The fourth-order valence-corrected chi connectivity index (χ4v) is 6.70. The quantitative estimate of drug-likeness (QED) is 0.0678. The first kappa shape index (κ1) is 40.5. The second-order valence-electron chi connectivity index (χ2n) is 16.1. The van der Waals surface area contributed by atoms with E-state index in [1.54, 1.807) is 0 Å². The number of carbonyl (C=O) groups excluding carboxylic acids is 1. The summed E-state index contributed by atoms with van der Waals surface area (Å²) in [4.78, 5) is 11.9. The lowest BCUT2D eigenvalue weighted by molar-refractivity contribution is -0.154. The van der Waals surface area contributed by atoms with Crippen LogP contribution in [0, 0.1) is 0 Å². The molecule has 0 bridgehead atoms. The van der Waals surface area contributed by atoms with Gasteiger partial charge in [0.2, 0.25) is 0 Å². The summed E-state index contributed by atoms with van der Waals surface area (Å²) in [6.07, 6.45) is 14.0. The normalized spacial score (nSPS) is 16.2. The van der Waals surface area contributed by atoms with Crippen molar-refractivity contribution in [2.75, 3.05) is 0 Å². The van der Waals surface area contributed by atoms with E-state index in [1.807, 2.05) is 26.8 Å². The van der Waals surface area contributed by atoms with Crippen LogP contribution in [0.4, 0.5) is 0 Å². The summed E-state index contributed by atoms with van der Waals surface area (Å²) in [6, 6.07) is 0. The number of hydrogen-bond donors (Lipinski definition) is 1. The molecule has 0 aromatic carbocycles. The SMILES string of the molecule is CCCCC[C@@H](O[Si](C)(C)C(C)(C)C)[C@H](/C=C/[C@@H](O)CCCCCCCC(=O)OC(C)(C)C)O[Si](C)(C)C(C)(C)C.